The summed E-state index contributed by atoms with van der Waals surface area (Å²) in [5.74, 6) is 0.593. The zero-order valence-electron chi connectivity index (χ0n) is 13.8. The number of ether oxygens (including phenoxy) is 1. The van der Waals surface area contributed by atoms with Gasteiger partial charge in [0.1, 0.15) is 11.4 Å². The van der Waals surface area contributed by atoms with Gasteiger partial charge in [0.25, 0.3) is 5.91 Å². The van der Waals surface area contributed by atoms with Crippen molar-refractivity contribution in [3.8, 4) is 17.0 Å². The Morgan fingerprint density at radius 2 is 2.08 bits per heavy atom. The lowest BCUT2D eigenvalue weighted by atomic mass is 10.1. The molecular weight excluding hydrogens is 414 g/mol. The van der Waals surface area contributed by atoms with E-state index in [1.807, 2.05) is 64.5 Å². The fourth-order valence-corrected chi connectivity index (χ4v) is 3.88. The van der Waals surface area contributed by atoms with Gasteiger partial charge in [-0.15, -0.1) is 11.3 Å². The van der Waals surface area contributed by atoms with Gasteiger partial charge in [0.05, 0.1) is 12.8 Å². The van der Waals surface area contributed by atoms with Gasteiger partial charge >= 0.3 is 0 Å². The normalized spacial score (nSPS) is 10.8. The Morgan fingerprint density at radius 1 is 1.23 bits per heavy atom. The molecule has 0 aliphatic rings. The minimum absolute atomic E-state index is 0.177. The smallest absolute Gasteiger partial charge is 0.273 e. The lowest BCUT2D eigenvalue weighted by Gasteiger charge is -2.04. The number of fused-ring (bicyclic) bond motifs is 1. The zero-order valence-corrected chi connectivity index (χ0v) is 16.2. The number of benzene rings is 2. The van der Waals surface area contributed by atoms with Crippen LogP contribution >= 0.6 is 27.3 Å². The van der Waals surface area contributed by atoms with E-state index in [-0.39, 0.29) is 5.91 Å². The number of methoxy groups -OCH3 is 1. The summed E-state index contributed by atoms with van der Waals surface area (Å²) >= 11 is 4.84. The van der Waals surface area contributed by atoms with E-state index in [0.29, 0.717) is 5.69 Å². The van der Waals surface area contributed by atoms with Crippen LogP contribution in [-0.4, -0.2) is 22.4 Å². The van der Waals surface area contributed by atoms with E-state index >= 15 is 0 Å². The number of hydrogen-bond acceptors (Lipinski definition) is 4. The number of thiazole rings is 1. The lowest BCUT2D eigenvalue weighted by Crippen LogP contribution is -2.13. The van der Waals surface area contributed by atoms with E-state index in [1.165, 1.54) is 11.3 Å². The molecule has 1 N–H and O–H groups in total. The molecule has 0 aliphatic heterocycles. The van der Waals surface area contributed by atoms with Gasteiger partial charge in [0, 0.05) is 27.3 Å². The number of halogens is 1. The Kier molecular flexibility index (Phi) is 4.48. The van der Waals surface area contributed by atoms with Crippen molar-refractivity contribution in [2.75, 3.05) is 12.4 Å². The number of rotatable bonds is 4. The molecule has 0 atom stereocenters. The van der Waals surface area contributed by atoms with Gasteiger partial charge in [-0.2, -0.15) is 0 Å². The number of nitrogens with one attached hydrogen (secondary N) is 1. The number of carbonyl (C=O) groups excluding carboxylic acids is 1. The second-order valence-electron chi connectivity index (χ2n) is 5.60. The molecular formula is C19H14BrN3O2S. The molecule has 0 fully saturated rings. The Morgan fingerprint density at radius 3 is 2.88 bits per heavy atom. The molecule has 0 saturated carbocycles. The SMILES string of the molecule is COc1cccc(-c2cn3c(C(=O)Nc4cccc(Br)c4)csc3n2)c1. The summed E-state index contributed by atoms with van der Waals surface area (Å²) in [5, 5.41) is 4.72. The van der Waals surface area contributed by atoms with Crippen molar-refractivity contribution in [1.82, 2.24) is 9.38 Å². The molecule has 0 spiro atoms. The second kappa shape index (κ2) is 6.93. The summed E-state index contributed by atoms with van der Waals surface area (Å²) in [6.07, 6.45) is 1.87. The Labute approximate surface area is 162 Å². The first kappa shape index (κ1) is 16.8. The quantitative estimate of drug-likeness (QED) is 0.493. The maximum Gasteiger partial charge on any atom is 0.273 e. The lowest BCUT2D eigenvalue weighted by molar-refractivity contribution is 0.102. The second-order valence-corrected chi connectivity index (χ2v) is 7.35. The van der Waals surface area contributed by atoms with Crippen LogP contribution in [0.5, 0.6) is 5.75 Å². The van der Waals surface area contributed by atoms with Gasteiger partial charge in [-0.25, -0.2) is 4.98 Å². The number of amides is 1. The highest BCUT2D eigenvalue weighted by atomic mass is 79.9. The summed E-state index contributed by atoms with van der Waals surface area (Å²) in [5.41, 5.74) is 3.02. The van der Waals surface area contributed by atoms with Crippen LogP contribution in [0.15, 0.2) is 64.6 Å². The van der Waals surface area contributed by atoms with E-state index in [2.05, 4.69) is 26.2 Å². The van der Waals surface area contributed by atoms with Crippen molar-refractivity contribution in [1.29, 1.82) is 0 Å². The van der Waals surface area contributed by atoms with Crippen LogP contribution < -0.4 is 10.1 Å². The van der Waals surface area contributed by atoms with Crippen molar-refractivity contribution in [2.45, 2.75) is 0 Å². The van der Waals surface area contributed by atoms with Gasteiger partial charge in [-0.05, 0) is 30.3 Å². The van der Waals surface area contributed by atoms with Crippen molar-refractivity contribution in [3.63, 3.8) is 0 Å². The first-order valence-corrected chi connectivity index (χ1v) is 9.49. The van der Waals surface area contributed by atoms with Crippen LogP contribution in [0.25, 0.3) is 16.2 Å². The van der Waals surface area contributed by atoms with Crippen LogP contribution in [-0.2, 0) is 0 Å². The van der Waals surface area contributed by atoms with E-state index < -0.39 is 0 Å². The number of hydrogen-bond donors (Lipinski definition) is 1. The van der Waals surface area contributed by atoms with E-state index in [9.17, 15) is 4.79 Å². The molecule has 0 radical (unpaired) electrons. The number of nitrogens with zero attached hydrogens (tertiary/aromatic N) is 2. The molecule has 26 heavy (non-hydrogen) atoms. The number of imidazole rings is 1. The number of carbonyl (C=O) groups is 1. The third kappa shape index (κ3) is 3.23. The fourth-order valence-electron chi connectivity index (χ4n) is 2.63. The molecule has 0 aliphatic carbocycles. The highest BCUT2D eigenvalue weighted by Crippen LogP contribution is 2.26. The summed E-state index contributed by atoms with van der Waals surface area (Å²) in [6.45, 7) is 0. The average Bonchev–Trinajstić information content (AvgIpc) is 3.22. The largest absolute Gasteiger partial charge is 0.497 e. The van der Waals surface area contributed by atoms with Crippen LogP contribution in [0.2, 0.25) is 0 Å². The fraction of sp³-hybridized carbons (Fsp3) is 0.0526. The highest BCUT2D eigenvalue weighted by molar-refractivity contribution is 9.10. The van der Waals surface area contributed by atoms with E-state index in [0.717, 1.165) is 32.1 Å². The highest BCUT2D eigenvalue weighted by Gasteiger charge is 2.15. The number of aromatic nitrogens is 2. The predicted molar refractivity (Wildman–Crippen MR) is 107 cm³/mol. The van der Waals surface area contributed by atoms with Gasteiger partial charge < -0.3 is 10.1 Å². The zero-order chi connectivity index (χ0) is 18.1. The predicted octanol–water partition coefficient (Wildman–Crippen LogP) is 5.09. The van der Waals surface area contributed by atoms with Crippen molar-refractivity contribution >= 4 is 43.8 Å². The summed E-state index contributed by atoms with van der Waals surface area (Å²) in [4.78, 5) is 18.0. The molecule has 7 heteroatoms. The maximum absolute atomic E-state index is 12.7. The topological polar surface area (TPSA) is 55.6 Å². The molecule has 1 amide bonds. The molecule has 5 nitrogen and oxygen atoms in total. The van der Waals surface area contributed by atoms with E-state index in [4.69, 9.17) is 4.74 Å². The molecule has 4 rings (SSSR count). The molecule has 0 bridgehead atoms. The van der Waals surface area contributed by atoms with E-state index in [1.54, 1.807) is 7.11 Å². The van der Waals surface area contributed by atoms with Gasteiger partial charge in [0.2, 0.25) is 0 Å². The molecule has 4 aromatic rings. The molecule has 2 aromatic carbocycles. The first-order valence-electron chi connectivity index (χ1n) is 7.82. The monoisotopic (exact) mass is 427 g/mol. The first-order chi connectivity index (χ1) is 12.6. The molecule has 2 aromatic heterocycles. The number of anilines is 1. The molecule has 130 valence electrons. The minimum atomic E-state index is -0.177. The minimum Gasteiger partial charge on any atom is -0.497 e. The Hall–Kier alpha value is -2.64. The van der Waals surface area contributed by atoms with Crippen LogP contribution in [0.1, 0.15) is 10.5 Å². The van der Waals surface area contributed by atoms with Gasteiger partial charge in [-0.1, -0.05) is 34.1 Å². The standard InChI is InChI=1S/C19H14BrN3O2S/c1-25-15-7-2-4-12(8-15)16-10-23-17(11-26-19(23)22-16)18(24)21-14-6-3-5-13(20)9-14/h2-11H,1H3,(H,21,24). The molecule has 0 saturated heterocycles. The molecule has 2 heterocycles. The maximum atomic E-state index is 12.7. The van der Waals surface area contributed by atoms with Crippen LogP contribution in [0, 0.1) is 0 Å². The van der Waals surface area contributed by atoms with Gasteiger partial charge in [0.15, 0.2) is 4.96 Å². The Bertz CT molecular complexity index is 1100. The van der Waals surface area contributed by atoms with Crippen molar-refractivity contribution in [2.24, 2.45) is 0 Å². The van der Waals surface area contributed by atoms with Crippen LogP contribution in [0.3, 0.4) is 0 Å². The van der Waals surface area contributed by atoms with Crippen LogP contribution in [0.4, 0.5) is 5.69 Å². The van der Waals surface area contributed by atoms with Crippen molar-refractivity contribution in [3.05, 3.63) is 70.3 Å². The van der Waals surface area contributed by atoms with Crippen molar-refractivity contribution < 1.29 is 9.53 Å². The van der Waals surface area contributed by atoms with Gasteiger partial charge in [-0.3, -0.25) is 9.20 Å². The molecule has 0 unspecified atom stereocenters. The average molecular weight is 428 g/mol. The Balaban J connectivity index is 1.66. The summed E-state index contributed by atoms with van der Waals surface area (Å²) in [6, 6.07) is 15.2. The summed E-state index contributed by atoms with van der Waals surface area (Å²) in [7, 11) is 1.63. The third-order valence-corrected chi connectivity index (χ3v) is 5.22. The third-order valence-electron chi connectivity index (χ3n) is 3.89. The summed E-state index contributed by atoms with van der Waals surface area (Å²) < 4.78 is 7.99.